The average molecular weight is 363 g/mol. The summed E-state index contributed by atoms with van der Waals surface area (Å²) in [6.45, 7) is 8.80. The number of hydroxylamine groups is 2. The molecule has 1 unspecified atom stereocenters. The Morgan fingerprint density at radius 2 is 1.67 bits per heavy atom. The Kier molecular flexibility index (Phi) is 5.82. The Labute approximate surface area is 142 Å². The Balaban J connectivity index is 3.11. The number of imide groups is 1. The summed E-state index contributed by atoms with van der Waals surface area (Å²) in [6.07, 6.45) is 0.828. The van der Waals surface area contributed by atoms with Gasteiger partial charge in [-0.3, -0.25) is 14.1 Å². The predicted octanol–water partition coefficient (Wildman–Crippen LogP) is 1.70. The molecule has 1 N–H and O–H groups in total. The number of hydrogen-bond acceptors (Lipinski definition) is 6. The van der Waals surface area contributed by atoms with Crippen LogP contribution in [0.2, 0.25) is 0 Å². The molecule has 1 aliphatic heterocycles. The fourth-order valence-electron chi connectivity index (χ4n) is 3.09. The minimum Gasteiger partial charge on any atom is -0.329 e. The molecule has 1 atom stereocenters. The van der Waals surface area contributed by atoms with Crippen LogP contribution in [0.5, 0.6) is 0 Å². The molecule has 0 radical (unpaired) electrons. The van der Waals surface area contributed by atoms with Crippen molar-refractivity contribution in [3.8, 4) is 0 Å². The van der Waals surface area contributed by atoms with Crippen molar-refractivity contribution in [2.75, 3.05) is 0 Å². The van der Waals surface area contributed by atoms with Gasteiger partial charge < -0.3 is 4.84 Å². The van der Waals surface area contributed by atoms with Crippen LogP contribution >= 0.6 is 0 Å². The van der Waals surface area contributed by atoms with Crippen LogP contribution < -0.4 is 0 Å². The first-order valence-electron chi connectivity index (χ1n) is 7.75. The smallest absolute Gasteiger partial charge is 0.329 e. The summed E-state index contributed by atoms with van der Waals surface area (Å²) in [7, 11) is -4.80. The SMILES string of the molecule is CCC(C)(C)CC(C)(C)C(C(=O)ON1C(=O)CCC1=O)S(=O)(=O)O. The van der Waals surface area contributed by atoms with Crippen LogP contribution in [0, 0.1) is 10.8 Å². The Morgan fingerprint density at radius 1 is 1.21 bits per heavy atom. The van der Waals surface area contributed by atoms with Gasteiger partial charge in [-0.25, -0.2) is 4.79 Å². The third-order valence-electron chi connectivity index (χ3n) is 4.30. The van der Waals surface area contributed by atoms with Crippen molar-refractivity contribution in [2.24, 2.45) is 10.8 Å². The molecule has 2 amide bonds. The highest BCUT2D eigenvalue weighted by Gasteiger charge is 2.49. The van der Waals surface area contributed by atoms with Crippen molar-refractivity contribution in [1.29, 1.82) is 0 Å². The molecule has 1 rings (SSSR count). The van der Waals surface area contributed by atoms with Crippen molar-refractivity contribution in [1.82, 2.24) is 5.06 Å². The number of nitrogens with zero attached hydrogens (tertiary/aromatic N) is 1. The normalized spacial score (nSPS) is 18.0. The first kappa shape index (κ1) is 20.6. The highest BCUT2D eigenvalue weighted by atomic mass is 32.2. The monoisotopic (exact) mass is 363 g/mol. The van der Waals surface area contributed by atoms with E-state index in [1.807, 2.05) is 20.8 Å². The van der Waals surface area contributed by atoms with Gasteiger partial charge in [-0.2, -0.15) is 8.42 Å². The molecule has 24 heavy (non-hydrogen) atoms. The molecule has 8 nitrogen and oxygen atoms in total. The van der Waals surface area contributed by atoms with E-state index in [0.717, 1.165) is 6.42 Å². The molecule has 0 aromatic carbocycles. The summed E-state index contributed by atoms with van der Waals surface area (Å²) in [5.74, 6) is -2.76. The zero-order valence-electron chi connectivity index (χ0n) is 14.7. The number of hydrogen-bond donors (Lipinski definition) is 1. The van der Waals surface area contributed by atoms with E-state index in [-0.39, 0.29) is 23.3 Å². The molecule has 1 saturated heterocycles. The van der Waals surface area contributed by atoms with Crippen LogP contribution in [0.1, 0.15) is 60.3 Å². The fourth-order valence-corrected chi connectivity index (χ4v) is 4.27. The molecule has 1 heterocycles. The number of carbonyl (C=O) groups excluding carboxylic acids is 3. The van der Waals surface area contributed by atoms with Crippen molar-refractivity contribution >= 4 is 27.9 Å². The second-order valence-corrected chi connectivity index (χ2v) is 9.07. The Hall–Kier alpha value is -1.48. The molecule has 9 heteroatoms. The van der Waals surface area contributed by atoms with Crippen LogP contribution in [0.3, 0.4) is 0 Å². The van der Waals surface area contributed by atoms with Gasteiger partial charge in [-0.05, 0) is 17.3 Å². The standard InChI is InChI=1S/C15H25NO7S/c1-6-14(2,3)9-15(4,5)12(24(20,21)22)13(19)23-16-10(17)7-8-11(16)18/h12H,6-9H2,1-5H3,(H,20,21,22). The maximum Gasteiger partial charge on any atom is 0.354 e. The highest BCUT2D eigenvalue weighted by Crippen LogP contribution is 2.41. The van der Waals surface area contributed by atoms with Crippen molar-refractivity contribution in [3.63, 3.8) is 0 Å². The topological polar surface area (TPSA) is 118 Å². The predicted molar refractivity (Wildman–Crippen MR) is 85.0 cm³/mol. The van der Waals surface area contributed by atoms with Crippen LogP contribution in [-0.4, -0.2) is 41.1 Å². The van der Waals surface area contributed by atoms with E-state index in [2.05, 4.69) is 0 Å². The summed E-state index contributed by atoms with van der Waals surface area (Å²) in [5, 5.41) is -1.63. The first-order chi connectivity index (χ1) is 10.7. The lowest BCUT2D eigenvalue weighted by atomic mass is 9.72. The third-order valence-corrected chi connectivity index (χ3v) is 5.73. The van der Waals surface area contributed by atoms with Crippen LogP contribution in [0.4, 0.5) is 0 Å². The maximum atomic E-state index is 12.4. The van der Waals surface area contributed by atoms with Gasteiger partial charge >= 0.3 is 5.97 Å². The van der Waals surface area contributed by atoms with Gasteiger partial charge in [0.1, 0.15) is 0 Å². The molecule has 0 saturated carbocycles. The van der Waals surface area contributed by atoms with E-state index in [4.69, 9.17) is 4.84 Å². The van der Waals surface area contributed by atoms with Gasteiger partial charge in [0, 0.05) is 12.8 Å². The molecule has 0 spiro atoms. The number of amides is 2. The lowest BCUT2D eigenvalue weighted by molar-refractivity contribution is -0.198. The molecule has 138 valence electrons. The lowest BCUT2D eigenvalue weighted by Crippen LogP contribution is -2.48. The fraction of sp³-hybridized carbons (Fsp3) is 0.800. The number of rotatable bonds is 7. The Morgan fingerprint density at radius 3 is 2.04 bits per heavy atom. The second kappa shape index (κ2) is 6.79. The van der Waals surface area contributed by atoms with Gasteiger partial charge in [0.25, 0.3) is 21.9 Å². The van der Waals surface area contributed by atoms with E-state index in [0.29, 0.717) is 6.42 Å². The van der Waals surface area contributed by atoms with E-state index in [1.54, 1.807) is 0 Å². The zero-order chi connectivity index (χ0) is 18.9. The minimum absolute atomic E-state index is 0.102. The summed E-state index contributed by atoms with van der Waals surface area (Å²) < 4.78 is 33.1. The zero-order valence-corrected chi connectivity index (χ0v) is 15.5. The first-order valence-corrected chi connectivity index (χ1v) is 9.25. The largest absolute Gasteiger partial charge is 0.354 e. The lowest BCUT2D eigenvalue weighted by Gasteiger charge is -2.37. The molecule has 1 aliphatic rings. The van der Waals surface area contributed by atoms with Gasteiger partial charge in [-0.1, -0.05) is 41.0 Å². The molecule has 0 aromatic rings. The third kappa shape index (κ3) is 4.76. The average Bonchev–Trinajstić information content (AvgIpc) is 2.67. The molecule has 0 bridgehead atoms. The second-order valence-electron chi connectivity index (χ2n) is 7.57. The summed E-state index contributed by atoms with van der Waals surface area (Å²) >= 11 is 0. The van der Waals surface area contributed by atoms with Crippen molar-refractivity contribution in [3.05, 3.63) is 0 Å². The summed E-state index contributed by atoms with van der Waals surface area (Å²) in [5.41, 5.74) is -1.46. The van der Waals surface area contributed by atoms with Gasteiger partial charge in [-0.15, -0.1) is 5.06 Å². The Bertz CT molecular complexity index is 620. The van der Waals surface area contributed by atoms with Gasteiger partial charge in [0.15, 0.2) is 5.25 Å². The molecular formula is C15H25NO7S. The molecule has 0 aromatic heterocycles. The summed E-state index contributed by atoms with van der Waals surface area (Å²) in [4.78, 5) is 40.1. The quantitative estimate of drug-likeness (QED) is 0.540. The van der Waals surface area contributed by atoms with E-state index < -0.39 is 38.6 Å². The summed E-state index contributed by atoms with van der Waals surface area (Å²) in [6, 6.07) is 0. The van der Waals surface area contributed by atoms with Gasteiger partial charge in [0.2, 0.25) is 0 Å². The maximum absolute atomic E-state index is 12.4. The highest BCUT2D eigenvalue weighted by molar-refractivity contribution is 7.87. The minimum atomic E-state index is -4.80. The van der Waals surface area contributed by atoms with Crippen molar-refractivity contribution < 1.29 is 32.2 Å². The van der Waals surface area contributed by atoms with E-state index in [1.165, 1.54) is 13.8 Å². The van der Waals surface area contributed by atoms with Crippen LogP contribution in [0.15, 0.2) is 0 Å². The van der Waals surface area contributed by atoms with Gasteiger partial charge in [0.05, 0.1) is 0 Å². The molecular weight excluding hydrogens is 338 g/mol. The van der Waals surface area contributed by atoms with E-state index in [9.17, 15) is 27.4 Å². The van der Waals surface area contributed by atoms with E-state index >= 15 is 0 Å². The van der Waals surface area contributed by atoms with Crippen LogP contribution in [-0.2, 0) is 29.3 Å². The number of carbonyl (C=O) groups is 3. The molecule has 0 aliphatic carbocycles. The molecule has 1 fully saturated rings. The van der Waals surface area contributed by atoms with Crippen LogP contribution in [0.25, 0.3) is 0 Å². The van der Waals surface area contributed by atoms with Crippen molar-refractivity contribution in [2.45, 2.75) is 65.6 Å².